The SMILES string of the molecule is COC(=O)[C@H](Cc1ccc(O)c([N+](=O)[O-])c1)NC(=O)CCC(=O)O[C@@H]1CC[C@H]2[C@@H]3CCC4=CC(=O)CC[C@]4(C)[C@H]3CC[C@]12C. The van der Waals surface area contributed by atoms with E-state index >= 15 is 0 Å². The van der Waals surface area contributed by atoms with E-state index < -0.39 is 40.2 Å². The van der Waals surface area contributed by atoms with Crippen molar-refractivity contribution in [3.05, 3.63) is 45.5 Å². The van der Waals surface area contributed by atoms with Crippen molar-refractivity contribution < 1.29 is 38.7 Å². The number of phenols is 1. The Morgan fingerprint density at radius 3 is 2.59 bits per heavy atom. The average Bonchev–Trinajstić information content (AvgIpc) is 3.32. The minimum Gasteiger partial charge on any atom is -0.502 e. The highest BCUT2D eigenvalue weighted by atomic mass is 16.6. The van der Waals surface area contributed by atoms with E-state index in [1.54, 1.807) is 0 Å². The molecule has 11 heteroatoms. The lowest BCUT2D eigenvalue weighted by molar-refractivity contribution is -0.385. The molecule has 4 aliphatic carbocycles. The molecule has 0 spiro atoms. The minimum atomic E-state index is -1.13. The number of carbonyl (C=O) groups is 4. The molecule has 0 radical (unpaired) electrons. The molecule has 1 aromatic rings. The van der Waals surface area contributed by atoms with E-state index in [0.717, 1.165) is 57.1 Å². The van der Waals surface area contributed by atoms with Crippen LogP contribution in [0.25, 0.3) is 0 Å². The van der Waals surface area contributed by atoms with E-state index in [1.165, 1.54) is 18.7 Å². The van der Waals surface area contributed by atoms with Gasteiger partial charge in [0.15, 0.2) is 11.5 Å². The lowest BCUT2D eigenvalue weighted by atomic mass is 9.47. The molecule has 3 saturated carbocycles. The summed E-state index contributed by atoms with van der Waals surface area (Å²) in [6.07, 6.45) is 8.66. The minimum absolute atomic E-state index is 0.0827. The first kappa shape index (κ1) is 31.7. The molecule has 3 fully saturated rings. The van der Waals surface area contributed by atoms with Gasteiger partial charge < -0.3 is 19.9 Å². The second-order valence-corrected chi connectivity index (χ2v) is 13.5. The molecule has 1 amide bonds. The number of nitro benzene ring substituents is 1. The van der Waals surface area contributed by atoms with Crippen LogP contribution < -0.4 is 5.32 Å². The Morgan fingerprint density at radius 1 is 1.09 bits per heavy atom. The molecule has 238 valence electrons. The molecule has 2 N–H and O–H groups in total. The zero-order valence-electron chi connectivity index (χ0n) is 25.6. The molecule has 44 heavy (non-hydrogen) atoms. The summed E-state index contributed by atoms with van der Waals surface area (Å²) in [6.45, 7) is 4.60. The van der Waals surface area contributed by atoms with E-state index in [9.17, 15) is 34.4 Å². The molecule has 0 saturated heterocycles. The van der Waals surface area contributed by atoms with Crippen molar-refractivity contribution in [2.75, 3.05) is 7.11 Å². The van der Waals surface area contributed by atoms with E-state index in [0.29, 0.717) is 29.7 Å². The van der Waals surface area contributed by atoms with Crippen LogP contribution in [0.3, 0.4) is 0 Å². The number of esters is 2. The number of fused-ring (bicyclic) bond motifs is 5. The molecule has 0 aromatic heterocycles. The van der Waals surface area contributed by atoms with E-state index in [2.05, 4.69) is 19.2 Å². The number of phenolic OH excluding ortho intramolecular Hbond substituents is 1. The quantitative estimate of drug-likeness (QED) is 0.229. The van der Waals surface area contributed by atoms with Gasteiger partial charge in [-0.3, -0.25) is 24.5 Å². The summed E-state index contributed by atoms with van der Waals surface area (Å²) in [5.74, 6) is -0.455. The summed E-state index contributed by atoms with van der Waals surface area (Å²) in [7, 11) is 1.17. The normalized spacial score (nSPS) is 31.4. The lowest BCUT2D eigenvalue weighted by Crippen LogP contribution is -2.51. The Kier molecular flexibility index (Phi) is 8.87. The third kappa shape index (κ3) is 5.97. The van der Waals surface area contributed by atoms with Crippen molar-refractivity contribution in [1.29, 1.82) is 0 Å². The van der Waals surface area contributed by atoms with Gasteiger partial charge in [0.05, 0.1) is 18.5 Å². The van der Waals surface area contributed by atoms with Crippen LogP contribution in [0.1, 0.15) is 83.6 Å². The van der Waals surface area contributed by atoms with Crippen LogP contribution in [-0.2, 0) is 35.1 Å². The average molecular weight is 611 g/mol. The van der Waals surface area contributed by atoms with Gasteiger partial charge in [0.1, 0.15) is 12.1 Å². The number of nitrogens with zero attached hydrogens (tertiary/aromatic N) is 1. The number of hydrogen-bond acceptors (Lipinski definition) is 9. The number of rotatable bonds is 9. The largest absolute Gasteiger partial charge is 0.502 e. The summed E-state index contributed by atoms with van der Waals surface area (Å²) in [4.78, 5) is 60.6. The van der Waals surface area contributed by atoms with Crippen molar-refractivity contribution in [3.63, 3.8) is 0 Å². The Bertz CT molecular complexity index is 1390. The molecule has 7 atom stereocenters. The van der Waals surface area contributed by atoms with Crippen LogP contribution in [0.2, 0.25) is 0 Å². The first-order valence-electron chi connectivity index (χ1n) is 15.6. The van der Waals surface area contributed by atoms with Crippen LogP contribution in [-0.4, -0.2) is 52.9 Å². The number of nitrogens with one attached hydrogen (secondary N) is 1. The monoisotopic (exact) mass is 610 g/mol. The highest BCUT2D eigenvalue weighted by Gasteiger charge is 2.60. The number of allylic oxidation sites excluding steroid dienone is 1. The van der Waals surface area contributed by atoms with Gasteiger partial charge in [0, 0.05) is 30.7 Å². The van der Waals surface area contributed by atoms with E-state index in [-0.39, 0.29) is 42.0 Å². The zero-order chi connectivity index (χ0) is 31.8. The molecular formula is C33H42N2O9. The molecule has 0 unspecified atom stereocenters. The van der Waals surface area contributed by atoms with Gasteiger partial charge >= 0.3 is 17.6 Å². The predicted molar refractivity (Wildman–Crippen MR) is 158 cm³/mol. The summed E-state index contributed by atoms with van der Waals surface area (Å²) >= 11 is 0. The molecule has 1 aromatic carbocycles. The van der Waals surface area contributed by atoms with Crippen LogP contribution in [0, 0.1) is 38.7 Å². The number of methoxy groups -OCH3 is 1. The van der Waals surface area contributed by atoms with Gasteiger partial charge in [-0.05, 0) is 85.8 Å². The van der Waals surface area contributed by atoms with Crippen LogP contribution >= 0.6 is 0 Å². The van der Waals surface area contributed by atoms with Crippen molar-refractivity contribution >= 4 is 29.3 Å². The molecule has 11 nitrogen and oxygen atoms in total. The van der Waals surface area contributed by atoms with Crippen molar-refractivity contribution in [3.8, 4) is 5.75 Å². The number of benzene rings is 1. The highest BCUT2D eigenvalue weighted by molar-refractivity contribution is 5.91. The van der Waals surface area contributed by atoms with Crippen LogP contribution in [0.5, 0.6) is 5.75 Å². The van der Waals surface area contributed by atoms with E-state index in [4.69, 9.17) is 9.47 Å². The molecule has 5 rings (SSSR count). The molecule has 0 bridgehead atoms. The Balaban J connectivity index is 1.16. The molecular weight excluding hydrogens is 568 g/mol. The second-order valence-electron chi connectivity index (χ2n) is 13.5. The maximum Gasteiger partial charge on any atom is 0.328 e. The molecule has 0 heterocycles. The second kappa shape index (κ2) is 12.3. The number of ketones is 1. The fraction of sp³-hybridized carbons (Fsp3) is 0.636. The van der Waals surface area contributed by atoms with Gasteiger partial charge in [-0.1, -0.05) is 25.5 Å². The van der Waals surface area contributed by atoms with Crippen molar-refractivity contribution in [2.24, 2.45) is 28.6 Å². The topological polar surface area (TPSA) is 162 Å². The standard InChI is InChI=1S/C33H42N2O9/c1-32-14-12-21(36)18-20(32)5-6-22-23-7-9-28(33(23,2)15-13-24(22)32)44-30(39)11-10-29(38)34-25(31(40)43-3)16-19-4-8-27(37)26(17-19)35(41)42/h4,8,17-18,22-25,28,37H,5-7,9-16H2,1-3H3,(H,34,38)/t22-,23-,24-,25-,28+,32-,33-/m0/s1. The summed E-state index contributed by atoms with van der Waals surface area (Å²) in [5, 5.41) is 23.4. The van der Waals surface area contributed by atoms with Crippen LogP contribution in [0.15, 0.2) is 29.8 Å². The number of amides is 1. The first-order valence-corrected chi connectivity index (χ1v) is 15.6. The molecule has 4 aliphatic rings. The smallest absolute Gasteiger partial charge is 0.328 e. The fourth-order valence-corrected chi connectivity index (χ4v) is 8.82. The number of carbonyl (C=O) groups excluding carboxylic acids is 4. The maximum atomic E-state index is 13.0. The first-order chi connectivity index (χ1) is 20.9. The number of nitro groups is 1. The summed E-state index contributed by atoms with van der Waals surface area (Å²) < 4.78 is 10.8. The van der Waals surface area contributed by atoms with Crippen LogP contribution in [0.4, 0.5) is 5.69 Å². The number of ether oxygens (including phenoxy) is 2. The fourth-order valence-electron chi connectivity index (χ4n) is 8.82. The third-order valence-electron chi connectivity index (χ3n) is 11.2. The van der Waals surface area contributed by atoms with Crippen molar-refractivity contribution in [1.82, 2.24) is 5.32 Å². The van der Waals surface area contributed by atoms with Gasteiger partial charge in [0.25, 0.3) is 0 Å². The van der Waals surface area contributed by atoms with Gasteiger partial charge in [-0.2, -0.15) is 0 Å². The van der Waals surface area contributed by atoms with Crippen molar-refractivity contribution in [2.45, 2.75) is 96.6 Å². The maximum absolute atomic E-state index is 13.0. The highest BCUT2D eigenvalue weighted by Crippen LogP contribution is 2.65. The third-order valence-corrected chi connectivity index (χ3v) is 11.2. The molecule has 0 aliphatic heterocycles. The Labute approximate surface area is 256 Å². The zero-order valence-corrected chi connectivity index (χ0v) is 25.6. The summed E-state index contributed by atoms with van der Waals surface area (Å²) in [6, 6.07) is 2.58. The van der Waals surface area contributed by atoms with Gasteiger partial charge in [-0.25, -0.2) is 4.79 Å². The Morgan fingerprint density at radius 2 is 1.86 bits per heavy atom. The Hall–Kier alpha value is -3.76. The van der Waals surface area contributed by atoms with Gasteiger partial charge in [0.2, 0.25) is 5.91 Å². The predicted octanol–water partition coefficient (Wildman–Crippen LogP) is 4.72. The summed E-state index contributed by atoms with van der Waals surface area (Å²) in [5.41, 5.74) is 1.13. The number of aromatic hydroxyl groups is 1. The van der Waals surface area contributed by atoms with E-state index in [1.807, 2.05) is 6.08 Å². The number of hydrogen-bond donors (Lipinski definition) is 2. The lowest BCUT2D eigenvalue weighted by Gasteiger charge is -2.57. The van der Waals surface area contributed by atoms with Gasteiger partial charge in [-0.15, -0.1) is 0 Å².